The van der Waals surface area contributed by atoms with Gasteiger partial charge in [0.25, 0.3) is 0 Å². The second-order valence-electron chi connectivity index (χ2n) is 5.42. The van der Waals surface area contributed by atoms with Gasteiger partial charge in [0.2, 0.25) is 0 Å². The average Bonchev–Trinajstić information content (AvgIpc) is 3.02. The first-order chi connectivity index (χ1) is 8.81. The number of nitrogens with zero attached hydrogens (tertiary/aromatic N) is 1. The molecule has 1 heterocycles. The Morgan fingerprint density at radius 1 is 1.06 bits per heavy atom. The SMILES string of the molecule is Brc1ccc(OC2CCN(C3CCCC3)C2)cc1. The molecule has 3 heteroatoms. The summed E-state index contributed by atoms with van der Waals surface area (Å²) < 4.78 is 7.16. The normalized spacial score (nSPS) is 25.7. The van der Waals surface area contributed by atoms with Gasteiger partial charge in [0, 0.05) is 23.6 Å². The molecule has 0 amide bonds. The maximum Gasteiger partial charge on any atom is 0.119 e. The highest BCUT2D eigenvalue weighted by atomic mass is 79.9. The Morgan fingerprint density at radius 3 is 2.50 bits per heavy atom. The van der Waals surface area contributed by atoms with Crippen molar-refractivity contribution in [2.24, 2.45) is 0 Å². The summed E-state index contributed by atoms with van der Waals surface area (Å²) >= 11 is 3.45. The van der Waals surface area contributed by atoms with Gasteiger partial charge >= 0.3 is 0 Å². The van der Waals surface area contributed by atoms with Crippen LogP contribution in [0.3, 0.4) is 0 Å². The lowest BCUT2D eigenvalue weighted by molar-refractivity contribution is 0.178. The predicted molar refractivity (Wildman–Crippen MR) is 77.0 cm³/mol. The predicted octanol–water partition coefficient (Wildman–Crippen LogP) is 3.84. The van der Waals surface area contributed by atoms with Crippen LogP contribution in [0.2, 0.25) is 0 Å². The van der Waals surface area contributed by atoms with Gasteiger partial charge in [-0.05, 0) is 43.5 Å². The molecule has 2 nitrogen and oxygen atoms in total. The molecular formula is C15H20BrNO. The van der Waals surface area contributed by atoms with Gasteiger partial charge in [-0.15, -0.1) is 0 Å². The molecule has 0 N–H and O–H groups in total. The number of halogens is 1. The van der Waals surface area contributed by atoms with E-state index in [1.54, 1.807) is 0 Å². The fraction of sp³-hybridized carbons (Fsp3) is 0.600. The van der Waals surface area contributed by atoms with Crippen molar-refractivity contribution in [3.8, 4) is 5.75 Å². The van der Waals surface area contributed by atoms with Gasteiger partial charge in [-0.1, -0.05) is 28.8 Å². The number of rotatable bonds is 3. The van der Waals surface area contributed by atoms with Crippen molar-refractivity contribution < 1.29 is 4.74 Å². The summed E-state index contributed by atoms with van der Waals surface area (Å²) in [5, 5.41) is 0. The van der Waals surface area contributed by atoms with E-state index in [0.717, 1.165) is 22.8 Å². The lowest BCUT2D eigenvalue weighted by atomic mass is 10.2. The van der Waals surface area contributed by atoms with E-state index in [-0.39, 0.29) is 0 Å². The van der Waals surface area contributed by atoms with E-state index < -0.39 is 0 Å². The second kappa shape index (κ2) is 5.62. The van der Waals surface area contributed by atoms with Gasteiger partial charge in [-0.25, -0.2) is 0 Å². The van der Waals surface area contributed by atoms with Crippen LogP contribution in [0, 0.1) is 0 Å². The molecule has 18 heavy (non-hydrogen) atoms. The van der Waals surface area contributed by atoms with E-state index in [1.807, 2.05) is 24.3 Å². The Labute approximate surface area is 117 Å². The number of likely N-dealkylation sites (tertiary alicyclic amines) is 1. The average molecular weight is 310 g/mol. The number of hydrogen-bond donors (Lipinski definition) is 0. The summed E-state index contributed by atoms with van der Waals surface area (Å²) in [5.74, 6) is 0.997. The third-order valence-corrected chi connectivity index (χ3v) is 4.66. The topological polar surface area (TPSA) is 12.5 Å². The van der Waals surface area contributed by atoms with Gasteiger partial charge in [0.1, 0.15) is 11.9 Å². The molecule has 0 spiro atoms. The van der Waals surface area contributed by atoms with Crippen LogP contribution < -0.4 is 4.74 Å². The Bertz CT molecular complexity index is 386. The molecule has 0 radical (unpaired) electrons. The monoisotopic (exact) mass is 309 g/mol. The lowest BCUT2D eigenvalue weighted by Crippen LogP contribution is -2.32. The maximum atomic E-state index is 6.06. The van der Waals surface area contributed by atoms with Gasteiger partial charge in [0.15, 0.2) is 0 Å². The van der Waals surface area contributed by atoms with Crippen LogP contribution in [0.25, 0.3) is 0 Å². The zero-order valence-corrected chi connectivity index (χ0v) is 12.2. The largest absolute Gasteiger partial charge is 0.489 e. The Hall–Kier alpha value is -0.540. The third kappa shape index (κ3) is 2.89. The first kappa shape index (κ1) is 12.5. The van der Waals surface area contributed by atoms with Crippen LogP contribution in [-0.2, 0) is 0 Å². The first-order valence-corrected chi connectivity index (χ1v) is 7.77. The van der Waals surface area contributed by atoms with E-state index in [0.29, 0.717) is 6.10 Å². The zero-order valence-electron chi connectivity index (χ0n) is 10.6. The van der Waals surface area contributed by atoms with Crippen LogP contribution in [-0.4, -0.2) is 30.1 Å². The number of benzene rings is 1. The molecule has 0 bridgehead atoms. The van der Waals surface area contributed by atoms with E-state index in [2.05, 4.69) is 20.8 Å². The molecule has 3 rings (SSSR count). The van der Waals surface area contributed by atoms with E-state index >= 15 is 0 Å². The van der Waals surface area contributed by atoms with Crippen LogP contribution >= 0.6 is 15.9 Å². The highest BCUT2D eigenvalue weighted by Gasteiger charge is 2.30. The first-order valence-electron chi connectivity index (χ1n) is 6.97. The molecule has 1 atom stereocenters. The zero-order chi connectivity index (χ0) is 12.4. The molecule has 2 fully saturated rings. The molecule has 0 aromatic heterocycles. The van der Waals surface area contributed by atoms with Crippen molar-refractivity contribution in [1.29, 1.82) is 0 Å². The second-order valence-corrected chi connectivity index (χ2v) is 6.33. The fourth-order valence-corrected chi connectivity index (χ4v) is 3.42. The van der Waals surface area contributed by atoms with Gasteiger partial charge < -0.3 is 4.74 Å². The van der Waals surface area contributed by atoms with Crippen molar-refractivity contribution in [2.75, 3.05) is 13.1 Å². The Balaban J connectivity index is 1.54. The minimum Gasteiger partial charge on any atom is -0.489 e. The molecule has 1 aromatic rings. The summed E-state index contributed by atoms with van der Waals surface area (Å²) in [6.07, 6.45) is 7.17. The van der Waals surface area contributed by atoms with Crippen molar-refractivity contribution in [3.63, 3.8) is 0 Å². The minimum atomic E-state index is 0.381. The molecule has 1 saturated heterocycles. The van der Waals surface area contributed by atoms with E-state index in [4.69, 9.17) is 4.74 Å². The lowest BCUT2D eigenvalue weighted by Gasteiger charge is -2.23. The summed E-state index contributed by atoms with van der Waals surface area (Å²) in [4.78, 5) is 2.64. The summed E-state index contributed by atoms with van der Waals surface area (Å²) in [7, 11) is 0. The number of ether oxygens (including phenoxy) is 1. The quantitative estimate of drug-likeness (QED) is 0.841. The maximum absolute atomic E-state index is 6.06. The fourth-order valence-electron chi connectivity index (χ4n) is 3.16. The molecule has 1 saturated carbocycles. The molecule has 1 aliphatic heterocycles. The van der Waals surface area contributed by atoms with Gasteiger partial charge in [-0.3, -0.25) is 4.90 Å². The molecule has 98 valence electrons. The minimum absolute atomic E-state index is 0.381. The van der Waals surface area contributed by atoms with E-state index in [1.165, 1.54) is 38.6 Å². The summed E-state index contributed by atoms with van der Waals surface area (Å²) in [5.41, 5.74) is 0. The van der Waals surface area contributed by atoms with Crippen LogP contribution in [0.4, 0.5) is 0 Å². The smallest absolute Gasteiger partial charge is 0.119 e. The van der Waals surface area contributed by atoms with Crippen LogP contribution in [0.15, 0.2) is 28.7 Å². The summed E-state index contributed by atoms with van der Waals surface area (Å²) in [6.45, 7) is 2.33. The Kier molecular flexibility index (Phi) is 3.90. The standard InChI is InChI=1S/C15H20BrNO/c16-12-5-7-14(8-6-12)18-15-9-10-17(11-15)13-3-1-2-4-13/h5-8,13,15H,1-4,9-11H2. The van der Waals surface area contributed by atoms with Gasteiger partial charge in [-0.2, -0.15) is 0 Å². The molecule has 1 aliphatic carbocycles. The van der Waals surface area contributed by atoms with Crippen molar-refractivity contribution in [2.45, 2.75) is 44.2 Å². The highest BCUT2D eigenvalue weighted by Crippen LogP contribution is 2.28. The number of hydrogen-bond acceptors (Lipinski definition) is 2. The molecule has 1 aromatic carbocycles. The van der Waals surface area contributed by atoms with Crippen molar-refractivity contribution in [3.05, 3.63) is 28.7 Å². The van der Waals surface area contributed by atoms with Crippen molar-refractivity contribution >= 4 is 15.9 Å². The molecule has 2 aliphatic rings. The Morgan fingerprint density at radius 2 is 1.78 bits per heavy atom. The third-order valence-electron chi connectivity index (χ3n) is 4.13. The van der Waals surface area contributed by atoms with Crippen LogP contribution in [0.1, 0.15) is 32.1 Å². The van der Waals surface area contributed by atoms with Crippen molar-refractivity contribution in [1.82, 2.24) is 4.90 Å². The van der Waals surface area contributed by atoms with E-state index in [9.17, 15) is 0 Å². The molecule has 1 unspecified atom stereocenters. The van der Waals surface area contributed by atoms with Crippen LogP contribution in [0.5, 0.6) is 5.75 Å². The van der Waals surface area contributed by atoms with Gasteiger partial charge in [0.05, 0.1) is 0 Å². The highest BCUT2D eigenvalue weighted by molar-refractivity contribution is 9.10. The summed E-state index contributed by atoms with van der Waals surface area (Å²) in [6, 6.07) is 9.01. The molecular weight excluding hydrogens is 290 g/mol.